The van der Waals surface area contributed by atoms with E-state index < -0.39 is 23.5 Å². The minimum absolute atomic E-state index is 0.227. The number of rotatable bonds is 3. The third-order valence-corrected chi connectivity index (χ3v) is 3.84. The van der Waals surface area contributed by atoms with Crippen molar-refractivity contribution in [2.24, 2.45) is 0 Å². The molecule has 1 fully saturated rings. The minimum atomic E-state index is -0.747. The summed E-state index contributed by atoms with van der Waals surface area (Å²) in [5.74, 6) is 0. The number of benzene rings is 1. The molecule has 5 nitrogen and oxygen atoms in total. The van der Waals surface area contributed by atoms with Gasteiger partial charge in [-0.15, -0.1) is 0 Å². The summed E-state index contributed by atoms with van der Waals surface area (Å²) >= 11 is 0. The number of carbonyl (C=O) groups is 1. The molecular formula is C18H27NO4. The standard InChI is InChI=1S/C18H27NO4/c1-17(2,3)23-16(21)19-14(12-22-18(19,4)5)11-15(20)13-9-7-6-8-10-13/h6-10,14-15,20H,11-12H2,1-5H3/t14-,15-/m1/s1. The molecular weight excluding hydrogens is 294 g/mol. The van der Waals surface area contributed by atoms with Crippen LogP contribution in [0.1, 0.15) is 52.7 Å². The number of ether oxygens (including phenoxy) is 2. The zero-order valence-electron chi connectivity index (χ0n) is 14.6. The van der Waals surface area contributed by atoms with Crippen LogP contribution < -0.4 is 0 Å². The maximum absolute atomic E-state index is 12.5. The molecule has 1 aromatic rings. The first kappa shape index (κ1) is 17.8. The molecule has 23 heavy (non-hydrogen) atoms. The highest BCUT2D eigenvalue weighted by atomic mass is 16.6. The van der Waals surface area contributed by atoms with Crippen LogP contribution in [0.15, 0.2) is 30.3 Å². The largest absolute Gasteiger partial charge is 0.444 e. The summed E-state index contributed by atoms with van der Waals surface area (Å²) in [4.78, 5) is 14.1. The Bertz CT molecular complexity index is 536. The van der Waals surface area contributed by atoms with Gasteiger partial charge in [-0.3, -0.25) is 4.90 Å². The molecule has 1 amide bonds. The monoisotopic (exact) mass is 321 g/mol. The van der Waals surface area contributed by atoms with Crippen molar-refractivity contribution in [1.29, 1.82) is 0 Å². The fourth-order valence-corrected chi connectivity index (χ4v) is 2.81. The zero-order valence-corrected chi connectivity index (χ0v) is 14.6. The van der Waals surface area contributed by atoms with Crippen molar-refractivity contribution in [3.63, 3.8) is 0 Å². The van der Waals surface area contributed by atoms with Gasteiger partial charge in [0, 0.05) is 6.42 Å². The van der Waals surface area contributed by atoms with Crippen LogP contribution in [0.5, 0.6) is 0 Å². The highest BCUT2D eigenvalue weighted by Gasteiger charge is 2.46. The summed E-state index contributed by atoms with van der Waals surface area (Å²) < 4.78 is 11.3. The first-order valence-corrected chi connectivity index (χ1v) is 7.99. The summed E-state index contributed by atoms with van der Waals surface area (Å²) in [6.45, 7) is 9.57. The average Bonchev–Trinajstić information content (AvgIpc) is 2.72. The van der Waals surface area contributed by atoms with E-state index >= 15 is 0 Å². The van der Waals surface area contributed by atoms with Crippen molar-refractivity contribution in [2.45, 2.75) is 64.5 Å². The van der Waals surface area contributed by atoms with Crippen LogP contribution in [-0.4, -0.2) is 40.1 Å². The van der Waals surface area contributed by atoms with Gasteiger partial charge < -0.3 is 14.6 Å². The van der Waals surface area contributed by atoms with Gasteiger partial charge in [-0.25, -0.2) is 4.79 Å². The van der Waals surface area contributed by atoms with Crippen molar-refractivity contribution in [2.75, 3.05) is 6.61 Å². The van der Waals surface area contributed by atoms with Gasteiger partial charge in [0.1, 0.15) is 11.3 Å². The van der Waals surface area contributed by atoms with Gasteiger partial charge in [0.25, 0.3) is 0 Å². The molecule has 1 N–H and O–H groups in total. The predicted molar refractivity (Wildman–Crippen MR) is 87.9 cm³/mol. The number of carbonyl (C=O) groups excluding carboxylic acids is 1. The lowest BCUT2D eigenvalue weighted by atomic mass is 10.0. The van der Waals surface area contributed by atoms with Gasteiger partial charge in [0.2, 0.25) is 0 Å². The summed E-state index contributed by atoms with van der Waals surface area (Å²) in [7, 11) is 0. The summed E-state index contributed by atoms with van der Waals surface area (Å²) in [6.07, 6.45) is -0.652. The van der Waals surface area contributed by atoms with E-state index in [1.165, 1.54) is 0 Å². The highest BCUT2D eigenvalue weighted by molar-refractivity contribution is 5.69. The van der Waals surface area contributed by atoms with Crippen LogP contribution in [-0.2, 0) is 9.47 Å². The Balaban J connectivity index is 2.12. The Morgan fingerprint density at radius 3 is 2.57 bits per heavy atom. The second-order valence-corrected chi connectivity index (χ2v) is 7.42. The number of hydrogen-bond donors (Lipinski definition) is 1. The third-order valence-electron chi connectivity index (χ3n) is 3.84. The van der Waals surface area contributed by atoms with E-state index in [1.807, 2.05) is 65.0 Å². The number of aliphatic hydroxyl groups excluding tert-OH is 1. The molecule has 1 aliphatic heterocycles. The summed E-state index contributed by atoms with van der Waals surface area (Å²) in [6, 6.07) is 9.21. The average molecular weight is 321 g/mol. The van der Waals surface area contributed by atoms with Gasteiger partial charge in [0.15, 0.2) is 0 Å². The van der Waals surface area contributed by atoms with Crippen LogP contribution in [0.2, 0.25) is 0 Å². The molecule has 1 heterocycles. The van der Waals surface area contributed by atoms with Crippen LogP contribution in [0.3, 0.4) is 0 Å². The van der Waals surface area contributed by atoms with E-state index in [1.54, 1.807) is 4.90 Å². The molecule has 0 aliphatic carbocycles. The molecule has 1 saturated heterocycles. The lowest BCUT2D eigenvalue weighted by Crippen LogP contribution is -2.50. The smallest absolute Gasteiger partial charge is 0.412 e. The topological polar surface area (TPSA) is 59.0 Å². The van der Waals surface area contributed by atoms with Gasteiger partial charge in [-0.1, -0.05) is 30.3 Å². The molecule has 0 bridgehead atoms. The number of amides is 1. The zero-order chi connectivity index (χ0) is 17.3. The number of aliphatic hydroxyl groups is 1. The molecule has 0 radical (unpaired) electrons. The van der Waals surface area contributed by atoms with Gasteiger partial charge in [-0.05, 0) is 40.2 Å². The van der Waals surface area contributed by atoms with E-state index in [9.17, 15) is 9.90 Å². The van der Waals surface area contributed by atoms with Crippen molar-refractivity contribution in [3.05, 3.63) is 35.9 Å². The fourth-order valence-electron chi connectivity index (χ4n) is 2.81. The second kappa shape index (κ2) is 6.49. The Morgan fingerprint density at radius 1 is 1.39 bits per heavy atom. The molecule has 0 unspecified atom stereocenters. The first-order valence-electron chi connectivity index (χ1n) is 7.99. The van der Waals surface area contributed by atoms with Crippen LogP contribution in [0.25, 0.3) is 0 Å². The lowest BCUT2D eigenvalue weighted by molar-refractivity contribution is -0.0637. The van der Waals surface area contributed by atoms with E-state index in [0.29, 0.717) is 13.0 Å². The number of hydrogen-bond acceptors (Lipinski definition) is 4. The van der Waals surface area contributed by atoms with Gasteiger partial charge in [0.05, 0.1) is 18.8 Å². The van der Waals surface area contributed by atoms with E-state index in [0.717, 1.165) is 5.56 Å². The van der Waals surface area contributed by atoms with E-state index in [4.69, 9.17) is 9.47 Å². The first-order chi connectivity index (χ1) is 10.6. The SMILES string of the molecule is CC(C)(C)OC(=O)N1[C@H](C[C@@H](O)c2ccccc2)COC1(C)C. The summed E-state index contributed by atoms with van der Waals surface area (Å²) in [5, 5.41) is 10.4. The van der Waals surface area contributed by atoms with Crippen LogP contribution >= 0.6 is 0 Å². The maximum Gasteiger partial charge on any atom is 0.412 e. The van der Waals surface area contributed by atoms with Crippen molar-refractivity contribution >= 4 is 6.09 Å². The molecule has 2 atom stereocenters. The minimum Gasteiger partial charge on any atom is -0.444 e. The molecule has 128 valence electrons. The molecule has 0 aromatic heterocycles. The quantitative estimate of drug-likeness (QED) is 0.926. The van der Waals surface area contributed by atoms with E-state index in [-0.39, 0.29) is 6.04 Å². The van der Waals surface area contributed by atoms with Crippen LogP contribution in [0, 0.1) is 0 Å². The van der Waals surface area contributed by atoms with E-state index in [2.05, 4.69) is 0 Å². The van der Waals surface area contributed by atoms with Crippen molar-refractivity contribution < 1.29 is 19.4 Å². The van der Waals surface area contributed by atoms with Crippen molar-refractivity contribution in [1.82, 2.24) is 4.90 Å². The lowest BCUT2D eigenvalue weighted by Gasteiger charge is -2.35. The molecule has 1 aromatic carbocycles. The Hall–Kier alpha value is -1.59. The molecule has 5 heteroatoms. The normalized spacial score (nSPS) is 22.0. The maximum atomic E-state index is 12.5. The highest BCUT2D eigenvalue weighted by Crippen LogP contribution is 2.33. The Morgan fingerprint density at radius 2 is 2.00 bits per heavy atom. The van der Waals surface area contributed by atoms with Gasteiger partial charge in [-0.2, -0.15) is 0 Å². The number of nitrogens with zero attached hydrogens (tertiary/aromatic N) is 1. The molecule has 1 aliphatic rings. The van der Waals surface area contributed by atoms with Gasteiger partial charge >= 0.3 is 6.09 Å². The predicted octanol–water partition coefficient (Wildman–Crippen LogP) is 3.48. The fraction of sp³-hybridized carbons (Fsp3) is 0.611. The molecule has 0 saturated carbocycles. The second-order valence-electron chi connectivity index (χ2n) is 7.42. The van der Waals surface area contributed by atoms with Crippen LogP contribution in [0.4, 0.5) is 4.79 Å². The Labute approximate surface area is 138 Å². The van der Waals surface area contributed by atoms with Crippen molar-refractivity contribution in [3.8, 4) is 0 Å². The third kappa shape index (κ3) is 4.45. The Kier molecular flexibility index (Phi) is 5.01. The summed E-state index contributed by atoms with van der Waals surface area (Å²) in [5.41, 5.74) is -0.483. The molecule has 2 rings (SSSR count). The molecule has 0 spiro atoms.